The highest BCUT2D eigenvalue weighted by Crippen LogP contribution is 2.35. The number of carbonyl (C=O) groups is 2. The number of aryl methyl sites for hydroxylation is 1. The summed E-state index contributed by atoms with van der Waals surface area (Å²) in [6, 6.07) is 12.0. The Hall–Kier alpha value is -2.95. The van der Waals surface area contributed by atoms with Gasteiger partial charge in [0.05, 0.1) is 36.7 Å². The average Bonchev–Trinajstić information content (AvgIpc) is 3.60. The molecule has 190 valence electrons. The van der Waals surface area contributed by atoms with Crippen LogP contribution in [0.4, 0.5) is 4.79 Å². The molecular weight excluding hydrogens is 450 g/mol. The van der Waals surface area contributed by atoms with E-state index < -0.39 is 12.2 Å². The molecule has 1 aromatic heterocycles. The minimum atomic E-state index is -1.03. The fraction of sp³-hybridized carbons (Fsp3) is 0.560. The second kappa shape index (κ2) is 11.7. The van der Waals surface area contributed by atoms with Crippen LogP contribution >= 0.6 is 0 Å². The lowest BCUT2D eigenvalue weighted by Gasteiger charge is -2.35. The molecule has 2 fully saturated rings. The molecule has 0 radical (unpaired) electrons. The van der Waals surface area contributed by atoms with Gasteiger partial charge >= 0.3 is 6.09 Å². The Balaban J connectivity index is 1.51. The van der Waals surface area contributed by atoms with Crippen molar-refractivity contribution in [3.63, 3.8) is 0 Å². The van der Waals surface area contributed by atoms with Crippen molar-refractivity contribution in [1.29, 1.82) is 0 Å². The van der Waals surface area contributed by atoms with Crippen molar-refractivity contribution in [2.45, 2.75) is 56.8 Å². The van der Waals surface area contributed by atoms with Crippen molar-refractivity contribution >= 4 is 12.0 Å². The number of carboxylic acid groups (broad SMARTS) is 1. The van der Waals surface area contributed by atoms with E-state index in [9.17, 15) is 9.59 Å². The molecule has 1 saturated heterocycles. The van der Waals surface area contributed by atoms with Crippen molar-refractivity contribution in [3.05, 3.63) is 47.8 Å². The van der Waals surface area contributed by atoms with E-state index in [0.717, 1.165) is 29.9 Å². The summed E-state index contributed by atoms with van der Waals surface area (Å²) in [5.41, 5.74) is 2.73. The minimum absolute atomic E-state index is 0.00941. The maximum atomic E-state index is 13.5. The number of rotatable bonds is 11. The van der Waals surface area contributed by atoms with Crippen LogP contribution in [0.1, 0.15) is 43.6 Å². The predicted octanol–water partition coefficient (Wildman–Crippen LogP) is 2.13. The number of carbonyl (C=O) groups excluding carboxylic acids is 1. The van der Waals surface area contributed by atoms with E-state index in [2.05, 4.69) is 10.6 Å². The molecule has 2 aromatic rings. The number of amides is 2. The molecule has 1 aliphatic heterocycles. The van der Waals surface area contributed by atoms with Gasteiger partial charge in [-0.2, -0.15) is 5.10 Å². The largest absolute Gasteiger partial charge is 0.465 e. The van der Waals surface area contributed by atoms with E-state index in [1.165, 1.54) is 0 Å². The number of nitrogens with zero attached hydrogens (tertiary/aromatic N) is 3. The van der Waals surface area contributed by atoms with Crippen LogP contribution in [0.25, 0.3) is 5.69 Å². The standard InChI is InChI=1S/C25H35N5O5/c1-17(29(19-10-11-19)24(31)23-14-27-18(15-34-2)16-35-23)22-13-21(9-6-12-26-25(32)33)30(28-22)20-7-4-3-5-8-20/h3-5,7-8,13,17-19,23,26-27H,6,9-12,14-16H2,1-2H3,(H,32,33)/t17-,18+,23-/m1/s1. The van der Waals surface area contributed by atoms with Gasteiger partial charge in [-0.1, -0.05) is 18.2 Å². The van der Waals surface area contributed by atoms with Crippen LogP contribution in [0.15, 0.2) is 36.4 Å². The molecule has 4 rings (SSSR count). The topological polar surface area (TPSA) is 118 Å². The number of hydrogen-bond acceptors (Lipinski definition) is 6. The van der Waals surface area contributed by atoms with Gasteiger partial charge in [-0.25, -0.2) is 9.48 Å². The van der Waals surface area contributed by atoms with Crippen LogP contribution in [-0.4, -0.2) is 83.4 Å². The number of morpholine rings is 1. The summed E-state index contributed by atoms with van der Waals surface area (Å²) < 4.78 is 13.0. The number of para-hydroxylation sites is 1. The molecule has 0 unspecified atom stereocenters. The average molecular weight is 486 g/mol. The highest BCUT2D eigenvalue weighted by atomic mass is 16.5. The van der Waals surface area contributed by atoms with Gasteiger partial charge in [0.1, 0.15) is 6.10 Å². The third kappa shape index (κ3) is 6.39. The molecule has 2 heterocycles. The van der Waals surface area contributed by atoms with Crippen molar-refractivity contribution in [2.24, 2.45) is 0 Å². The Labute approximate surface area is 205 Å². The normalized spacial score (nSPS) is 20.9. The third-order valence-corrected chi connectivity index (χ3v) is 6.46. The zero-order valence-corrected chi connectivity index (χ0v) is 20.4. The van der Waals surface area contributed by atoms with Crippen molar-refractivity contribution < 1.29 is 24.2 Å². The fourth-order valence-electron chi connectivity index (χ4n) is 4.52. The predicted molar refractivity (Wildman–Crippen MR) is 130 cm³/mol. The number of nitrogens with one attached hydrogen (secondary N) is 2. The summed E-state index contributed by atoms with van der Waals surface area (Å²) in [5.74, 6) is -0.00941. The van der Waals surface area contributed by atoms with Gasteiger partial charge in [-0.15, -0.1) is 0 Å². The van der Waals surface area contributed by atoms with Gasteiger partial charge in [0.25, 0.3) is 5.91 Å². The van der Waals surface area contributed by atoms with Gasteiger partial charge in [0, 0.05) is 31.9 Å². The number of aromatic nitrogens is 2. The molecule has 2 amide bonds. The van der Waals surface area contributed by atoms with Gasteiger partial charge < -0.3 is 30.1 Å². The molecule has 2 aliphatic rings. The number of ether oxygens (including phenoxy) is 2. The second-order valence-corrected chi connectivity index (χ2v) is 9.18. The lowest BCUT2D eigenvalue weighted by molar-refractivity contribution is -0.150. The first-order valence-corrected chi connectivity index (χ1v) is 12.2. The van der Waals surface area contributed by atoms with E-state index in [1.54, 1.807) is 7.11 Å². The zero-order valence-electron chi connectivity index (χ0n) is 20.4. The Morgan fingerprint density at radius 3 is 2.74 bits per heavy atom. The first-order valence-electron chi connectivity index (χ1n) is 12.2. The maximum absolute atomic E-state index is 13.5. The van der Waals surface area contributed by atoms with Crippen LogP contribution in [-0.2, 0) is 20.7 Å². The number of hydrogen-bond donors (Lipinski definition) is 3. The second-order valence-electron chi connectivity index (χ2n) is 9.18. The lowest BCUT2D eigenvalue weighted by atomic mass is 10.1. The van der Waals surface area contributed by atoms with Gasteiger partial charge in [0.2, 0.25) is 0 Å². The summed E-state index contributed by atoms with van der Waals surface area (Å²) >= 11 is 0. The molecular formula is C25H35N5O5. The van der Waals surface area contributed by atoms with E-state index in [1.807, 2.05) is 52.9 Å². The molecule has 3 atom stereocenters. The van der Waals surface area contributed by atoms with E-state index in [-0.39, 0.29) is 24.0 Å². The minimum Gasteiger partial charge on any atom is -0.465 e. The van der Waals surface area contributed by atoms with Crippen LogP contribution in [0.3, 0.4) is 0 Å². The third-order valence-electron chi connectivity index (χ3n) is 6.46. The highest BCUT2D eigenvalue weighted by molar-refractivity contribution is 5.82. The van der Waals surface area contributed by atoms with Gasteiger partial charge in [-0.3, -0.25) is 4.79 Å². The maximum Gasteiger partial charge on any atom is 0.404 e. The molecule has 3 N–H and O–H groups in total. The first-order chi connectivity index (χ1) is 17.0. The van der Waals surface area contributed by atoms with Gasteiger partial charge in [-0.05, 0) is 50.8 Å². The molecule has 1 aromatic carbocycles. The molecule has 1 aliphatic carbocycles. The summed E-state index contributed by atoms with van der Waals surface area (Å²) in [6.07, 6.45) is 1.72. The Morgan fingerprint density at radius 1 is 1.34 bits per heavy atom. The Morgan fingerprint density at radius 2 is 2.11 bits per heavy atom. The van der Waals surface area contributed by atoms with Crippen molar-refractivity contribution in [2.75, 3.05) is 33.4 Å². The summed E-state index contributed by atoms with van der Waals surface area (Å²) in [5, 5.41) is 19.5. The molecule has 1 saturated carbocycles. The van der Waals surface area contributed by atoms with Crippen molar-refractivity contribution in [1.82, 2.24) is 25.3 Å². The molecule has 35 heavy (non-hydrogen) atoms. The highest BCUT2D eigenvalue weighted by Gasteiger charge is 2.41. The summed E-state index contributed by atoms with van der Waals surface area (Å²) in [7, 11) is 1.65. The SMILES string of the molecule is COC[C@H]1CO[C@@H](C(=O)N(C2CC2)[C@H](C)c2cc(CCCNC(=O)O)n(-c3ccccc3)n2)CN1. The number of benzene rings is 1. The first kappa shape index (κ1) is 25.2. The number of methoxy groups -OCH3 is 1. The van der Waals surface area contributed by atoms with Crippen molar-refractivity contribution in [3.8, 4) is 5.69 Å². The van der Waals surface area contributed by atoms with Crippen LogP contribution in [0, 0.1) is 0 Å². The molecule has 10 nitrogen and oxygen atoms in total. The van der Waals surface area contributed by atoms with Gasteiger partial charge in [0.15, 0.2) is 0 Å². The Kier molecular flexibility index (Phi) is 8.37. The van der Waals surface area contributed by atoms with Crippen LogP contribution in [0.5, 0.6) is 0 Å². The Bertz CT molecular complexity index is 985. The monoisotopic (exact) mass is 485 g/mol. The van der Waals surface area contributed by atoms with E-state index in [0.29, 0.717) is 39.1 Å². The van der Waals surface area contributed by atoms with Crippen LogP contribution in [0.2, 0.25) is 0 Å². The smallest absolute Gasteiger partial charge is 0.404 e. The molecule has 10 heteroatoms. The zero-order chi connectivity index (χ0) is 24.8. The van der Waals surface area contributed by atoms with E-state index >= 15 is 0 Å². The molecule has 0 spiro atoms. The van der Waals surface area contributed by atoms with E-state index in [4.69, 9.17) is 19.7 Å². The molecule has 0 bridgehead atoms. The summed E-state index contributed by atoms with van der Waals surface area (Å²) in [6.45, 7) is 3.83. The fourth-order valence-corrected chi connectivity index (χ4v) is 4.52. The summed E-state index contributed by atoms with van der Waals surface area (Å²) in [4.78, 5) is 26.3. The van der Waals surface area contributed by atoms with Crippen LogP contribution < -0.4 is 10.6 Å². The lowest BCUT2D eigenvalue weighted by Crippen LogP contribution is -2.55. The quantitative estimate of drug-likeness (QED) is 0.417.